The number of amides is 1. The molecule has 0 bridgehead atoms. The molecule has 1 heterocycles. The van der Waals surface area contributed by atoms with Gasteiger partial charge in [0.15, 0.2) is 10.2 Å². The van der Waals surface area contributed by atoms with Gasteiger partial charge < -0.3 is 5.32 Å². The molecule has 2 N–H and O–H groups in total. The average molecular weight is 244 g/mol. The van der Waals surface area contributed by atoms with Crippen molar-refractivity contribution in [1.29, 1.82) is 0 Å². The number of thiocarbonyl (C=S) groups is 2. The number of nitrogens with zero attached hydrogens (tertiary/aromatic N) is 2. The SMILES string of the molecule is C=CCNC(=S)NN1CC(=O)N(C)C1=S. The van der Waals surface area contributed by atoms with Crippen LogP contribution in [-0.4, -0.2) is 46.2 Å². The molecule has 82 valence electrons. The molecular weight excluding hydrogens is 232 g/mol. The molecule has 0 aliphatic carbocycles. The fraction of sp³-hybridized carbons (Fsp3) is 0.375. The summed E-state index contributed by atoms with van der Waals surface area (Å²) in [6, 6.07) is 0. The fourth-order valence-corrected chi connectivity index (χ4v) is 1.42. The van der Waals surface area contributed by atoms with Crippen molar-refractivity contribution < 1.29 is 4.79 Å². The van der Waals surface area contributed by atoms with Gasteiger partial charge in [0.2, 0.25) is 5.91 Å². The molecule has 0 aromatic heterocycles. The summed E-state index contributed by atoms with van der Waals surface area (Å²) >= 11 is 10.0. The van der Waals surface area contributed by atoms with E-state index in [0.717, 1.165) is 0 Å². The normalized spacial score (nSPS) is 15.5. The van der Waals surface area contributed by atoms with Crippen LogP contribution in [0, 0.1) is 0 Å². The third-order valence-corrected chi connectivity index (χ3v) is 2.56. The summed E-state index contributed by atoms with van der Waals surface area (Å²) in [5.74, 6) is -0.0565. The Morgan fingerprint density at radius 3 is 2.87 bits per heavy atom. The van der Waals surface area contributed by atoms with E-state index in [-0.39, 0.29) is 12.5 Å². The highest BCUT2D eigenvalue weighted by atomic mass is 32.1. The second-order valence-corrected chi connectivity index (χ2v) is 3.71. The van der Waals surface area contributed by atoms with Gasteiger partial charge in [-0.3, -0.25) is 20.1 Å². The van der Waals surface area contributed by atoms with Crippen LogP contribution in [0.4, 0.5) is 0 Å². The first-order valence-electron chi connectivity index (χ1n) is 4.29. The highest BCUT2D eigenvalue weighted by Crippen LogP contribution is 2.04. The number of carbonyl (C=O) groups is 1. The Kier molecular flexibility index (Phi) is 3.98. The number of rotatable bonds is 3. The van der Waals surface area contributed by atoms with E-state index >= 15 is 0 Å². The molecule has 0 spiro atoms. The molecule has 0 aromatic rings. The molecular formula is C8H12N4OS2. The third kappa shape index (κ3) is 2.87. The lowest BCUT2D eigenvalue weighted by Gasteiger charge is -2.20. The number of hydrazine groups is 1. The Bertz CT molecular complexity index is 318. The summed E-state index contributed by atoms with van der Waals surface area (Å²) in [6.07, 6.45) is 1.69. The Hall–Kier alpha value is -1.21. The summed E-state index contributed by atoms with van der Waals surface area (Å²) in [4.78, 5) is 12.7. The van der Waals surface area contributed by atoms with E-state index in [0.29, 0.717) is 16.8 Å². The van der Waals surface area contributed by atoms with Crippen molar-refractivity contribution in [3.8, 4) is 0 Å². The molecule has 15 heavy (non-hydrogen) atoms. The second-order valence-electron chi connectivity index (χ2n) is 2.93. The molecule has 1 rings (SSSR count). The van der Waals surface area contributed by atoms with Gasteiger partial charge >= 0.3 is 0 Å². The minimum Gasteiger partial charge on any atom is -0.358 e. The van der Waals surface area contributed by atoms with Crippen LogP contribution in [0.1, 0.15) is 0 Å². The standard InChI is InChI=1S/C8H12N4OS2/c1-3-4-9-7(14)10-12-5-6(13)11(2)8(12)15/h3H,1,4-5H2,2H3,(H2,9,10,14). The van der Waals surface area contributed by atoms with Crippen molar-refractivity contribution in [2.45, 2.75) is 0 Å². The molecule has 0 atom stereocenters. The Labute approximate surface area is 99.1 Å². The topological polar surface area (TPSA) is 47.6 Å². The van der Waals surface area contributed by atoms with Crippen LogP contribution in [0.25, 0.3) is 0 Å². The number of nitrogens with one attached hydrogen (secondary N) is 2. The molecule has 1 aliphatic heterocycles. The molecule has 1 aliphatic rings. The fourth-order valence-electron chi connectivity index (χ4n) is 1.01. The zero-order valence-corrected chi connectivity index (χ0v) is 9.95. The van der Waals surface area contributed by atoms with E-state index in [9.17, 15) is 4.79 Å². The summed E-state index contributed by atoms with van der Waals surface area (Å²) < 4.78 is 0. The van der Waals surface area contributed by atoms with Gasteiger partial charge in [-0.25, -0.2) is 0 Å². The first-order chi connectivity index (χ1) is 7.06. The summed E-state index contributed by atoms with van der Waals surface area (Å²) in [5.41, 5.74) is 2.83. The summed E-state index contributed by atoms with van der Waals surface area (Å²) in [5, 5.41) is 5.24. The maximum Gasteiger partial charge on any atom is 0.250 e. The summed E-state index contributed by atoms with van der Waals surface area (Å²) in [7, 11) is 1.63. The van der Waals surface area contributed by atoms with Gasteiger partial charge in [0.05, 0.1) is 0 Å². The zero-order chi connectivity index (χ0) is 11.4. The van der Waals surface area contributed by atoms with E-state index in [1.165, 1.54) is 9.91 Å². The van der Waals surface area contributed by atoms with Crippen LogP contribution < -0.4 is 10.7 Å². The van der Waals surface area contributed by atoms with Gasteiger partial charge in [0, 0.05) is 13.6 Å². The number of hydrogen-bond acceptors (Lipinski definition) is 3. The minimum atomic E-state index is -0.0565. The van der Waals surface area contributed by atoms with Crippen molar-refractivity contribution in [3.63, 3.8) is 0 Å². The summed E-state index contributed by atoms with van der Waals surface area (Å²) in [6.45, 7) is 4.32. The van der Waals surface area contributed by atoms with Gasteiger partial charge in [0.25, 0.3) is 0 Å². The number of carbonyl (C=O) groups excluding carboxylic acids is 1. The van der Waals surface area contributed by atoms with Gasteiger partial charge in [0.1, 0.15) is 6.54 Å². The van der Waals surface area contributed by atoms with Gasteiger partial charge in [-0.05, 0) is 24.4 Å². The Morgan fingerprint density at radius 1 is 1.73 bits per heavy atom. The molecule has 5 nitrogen and oxygen atoms in total. The van der Waals surface area contributed by atoms with Gasteiger partial charge in [-0.2, -0.15) is 0 Å². The molecule has 7 heteroatoms. The van der Waals surface area contributed by atoms with Crippen LogP contribution in [0.3, 0.4) is 0 Å². The van der Waals surface area contributed by atoms with E-state index < -0.39 is 0 Å². The minimum absolute atomic E-state index is 0.0565. The Morgan fingerprint density at radius 2 is 2.40 bits per heavy atom. The maximum atomic E-state index is 11.3. The second kappa shape index (κ2) is 5.04. The lowest BCUT2D eigenvalue weighted by atomic mass is 10.6. The molecule has 1 fully saturated rings. The van der Waals surface area contributed by atoms with Crippen molar-refractivity contribution in [1.82, 2.24) is 20.7 Å². The van der Waals surface area contributed by atoms with Crippen LogP contribution in [0.15, 0.2) is 12.7 Å². The largest absolute Gasteiger partial charge is 0.358 e. The van der Waals surface area contributed by atoms with Crippen LogP contribution in [0.2, 0.25) is 0 Å². The molecule has 1 saturated heterocycles. The van der Waals surface area contributed by atoms with Crippen LogP contribution >= 0.6 is 24.4 Å². The molecule has 0 radical (unpaired) electrons. The Balaban J connectivity index is 2.46. The molecule has 0 unspecified atom stereocenters. The average Bonchev–Trinajstić information content (AvgIpc) is 2.43. The first-order valence-corrected chi connectivity index (χ1v) is 5.11. The first kappa shape index (κ1) is 11.9. The van der Waals surface area contributed by atoms with E-state index in [4.69, 9.17) is 24.4 Å². The molecule has 0 aromatic carbocycles. The molecule has 1 amide bonds. The lowest BCUT2D eigenvalue weighted by molar-refractivity contribution is -0.124. The number of hydrogen-bond donors (Lipinski definition) is 2. The van der Waals surface area contributed by atoms with Crippen molar-refractivity contribution in [3.05, 3.63) is 12.7 Å². The van der Waals surface area contributed by atoms with E-state index in [1.807, 2.05) is 0 Å². The predicted octanol–water partition coefficient (Wildman–Crippen LogP) is -0.390. The lowest BCUT2D eigenvalue weighted by Crippen LogP contribution is -2.48. The quantitative estimate of drug-likeness (QED) is 0.521. The monoisotopic (exact) mass is 244 g/mol. The van der Waals surface area contributed by atoms with Crippen molar-refractivity contribution in [2.75, 3.05) is 20.1 Å². The third-order valence-electron chi connectivity index (χ3n) is 1.83. The van der Waals surface area contributed by atoms with Crippen LogP contribution in [-0.2, 0) is 4.79 Å². The van der Waals surface area contributed by atoms with Crippen LogP contribution in [0.5, 0.6) is 0 Å². The smallest absolute Gasteiger partial charge is 0.250 e. The van der Waals surface area contributed by atoms with Gasteiger partial charge in [-0.15, -0.1) is 6.58 Å². The van der Waals surface area contributed by atoms with Crippen molar-refractivity contribution >= 4 is 40.6 Å². The van der Waals surface area contributed by atoms with Crippen molar-refractivity contribution in [2.24, 2.45) is 0 Å². The maximum absolute atomic E-state index is 11.3. The zero-order valence-electron chi connectivity index (χ0n) is 8.32. The van der Waals surface area contributed by atoms with E-state index in [1.54, 1.807) is 13.1 Å². The molecule has 0 saturated carbocycles. The van der Waals surface area contributed by atoms with E-state index in [2.05, 4.69) is 17.3 Å². The predicted molar refractivity (Wildman–Crippen MR) is 66.0 cm³/mol. The van der Waals surface area contributed by atoms with Gasteiger partial charge in [-0.1, -0.05) is 6.08 Å². The highest BCUT2D eigenvalue weighted by molar-refractivity contribution is 7.80. The highest BCUT2D eigenvalue weighted by Gasteiger charge is 2.29. The number of likely N-dealkylation sites (N-methyl/N-ethyl adjacent to an activating group) is 1.